The van der Waals surface area contributed by atoms with Gasteiger partial charge in [0.2, 0.25) is 5.78 Å². The summed E-state index contributed by atoms with van der Waals surface area (Å²) < 4.78 is 0. The molecule has 1 aromatic rings. The summed E-state index contributed by atoms with van der Waals surface area (Å²) in [6, 6.07) is 1.75. The average Bonchev–Trinajstić information content (AvgIpc) is 2.68. The Kier molecular flexibility index (Phi) is 2.67. The van der Waals surface area contributed by atoms with Crippen molar-refractivity contribution in [2.45, 2.75) is 36.2 Å². The van der Waals surface area contributed by atoms with Crippen LogP contribution in [0.2, 0.25) is 0 Å². The van der Waals surface area contributed by atoms with Crippen molar-refractivity contribution in [2.75, 3.05) is 0 Å². The lowest BCUT2D eigenvalue weighted by atomic mass is 9.94. The van der Waals surface area contributed by atoms with Crippen LogP contribution in [0.15, 0.2) is 18.5 Å². The van der Waals surface area contributed by atoms with Crippen LogP contribution < -0.4 is 0 Å². The first kappa shape index (κ1) is 10.3. The summed E-state index contributed by atoms with van der Waals surface area (Å²) in [4.78, 5) is 20.3. The largest absolute Gasteiger partial charge is 0.290 e. The van der Waals surface area contributed by atoms with Gasteiger partial charge in [0.15, 0.2) is 5.82 Å². The van der Waals surface area contributed by atoms with E-state index in [-0.39, 0.29) is 11.7 Å². The van der Waals surface area contributed by atoms with E-state index in [1.807, 2.05) is 0 Å². The molecule has 0 aliphatic carbocycles. The molecular weight excluding hydrogens is 220 g/mol. The van der Waals surface area contributed by atoms with Gasteiger partial charge in [0.25, 0.3) is 0 Å². The third kappa shape index (κ3) is 1.86. The zero-order valence-corrected chi connectivity index (χ0v) is 9.82. The van der Waals surface area contributed by atoms with E-state index in [4.69, 9.17) is 0 Å². The first-order chi connectivity index (χ1) is 7.83. The van der Waals surface area contributed by atoms with Crippen molar-refractivity contribution in [2.24, 2.45) is 5.92 Å². The van der Waals surface area contributed by atoms with Crippen molar-refractivity contribution in [1.29, 1.82) is 0 Å². The molecule has 2 saturated heterocycles. The van der Waals surface area contributed by atoms with E-state index < -0.39 is 0 Å². The SMILES string of the molecule is O=C(c1ncccn1)C1CC2CCC(C1)S2. The van der Waals surface area contributed by atoms with Gasteiger partial charge in [-0.3, -0.25) is 4.79 Å². The maximum atomic E-state index is 12.2. The van der Waals surface area contributed by atoms with E-state index in [1.165, 1.54) is 12.8 Å². The van der Waals surface area contributed by atoms with Crippen molar-refractivity contribution in [1.82, 2.24) is 9.97 Å². The van der Waals surface area contributed by atoms with Crippen LogP contribution in [0.5, 0.6) is 0 Å². The molecule has 0 saturated carbocycles. The van der Waals surface area contributed by atoms with Crippen LogP contribution in [0.4, 0.5) is 0 Å². The van der Waals surface area contributed by atoms with Gasteiger partial charge < -0.3 is 0 Å². The van der Waals surface area contributed by atoms with Gasteiger partial charge in [-0.1, -0.05) is 0 Å². The number of hydrogen-bond donors (Lipinski definition) is 0. The first-order valence-corrected chi connectivity index (χ1v) is 6.74. The predicted molar refractivity (Wildman–Crippen MR) is 63.5 cm³/mol. The lowest BCUT2D eigenvalue weighted by Gasteiger charge is -2.25. The molecule has 2 fully saturated rings. The second-order valence-electron chi connectivity index (χ2n) is 4.56. The van der Waals surface area contributed by atoms with Gasteiger partial charge in [0, 0.05) is 28.8 Å². The summed E-state index contributed by atoms with van der Waals surface area (Å²) in [7, 11) is 0. The summed E-state index contributed by atoms with van der Waals surface area (Å²) in [6.45, 7) is 0. The number of rotatable bonds is 2. The molecular formula is C12H14N2OS. The molecule has 2 aliphatic heterocycles. The fourth-order valence-corrected chi connectivity index (χ4v) is 4.46. The molecule has 0 radical (unpaired) electrons. The van der Waals surface area contributed by atoms with Crippen molar-refractivity contribution < 1.29 is 4.79 Å². The number of fused-ring (bicyclic) bond motifs is 2. The number of Topliss-reactive ketones (excluding diaryl/α,β-unsaturated/α-hetero) is 1. The molecule has 2 atom stereocenters. The number of aromatic nitrogens is 2. The second-order valence-corrected chi connectivity index (χ2v) is 6.17. The Morgan fingerprint density at radius 3 is 2.44 bits per heavy atom. The molecule has 2 unspecified atom stereocenters. The van der Waals surface area contributed by atoms with Crippen LogP contribution in [0, 0.1) is 5.92 Å². The maximum absolute atomic E-state index is 12.2. The number of carbonyl (C=O) groups is 1. The minimum atomic E-state index is 0.151. The van der Waals surface area contributed by atoms with Crippen LogP contribution >= 0.6 is 11.8 Å². The lowest BCUT2D eigenvalue weighted by molar-refractivity contribution is 0.0896. The third-order valence-corrected chi connectivity index (χ3v) is 5.07. The van der Waals surface area contributed by atoms with Gasteiger partial charge in [-0.05, 0) is 31.7 Å². The molecule has 0 spiro atoms. The molecule has 3 heterocycles. The van der Waals surface area contributed by atoms with Crippen molar-refractivity contribution >= 4 is 17.5 Å². The highest BCUT2D eigenvalue weighted by Gasteiger charge is 2.38. The Balaban J connectivity index is 1.76. The molecule has 2 bridgehead atoms. The van der Waals surface area contributed by atoms with E-state index in [0.29, 0.717) is 16.3 Å². The van der Waals surface area contributed by atoms with Gasteiger partial charge in [-0.15, -0.1) is 0 Å². The molecule has 3 rings (SSSR count). The highest BCUT2D eigenvalue weighted by molar-refractivity contribution is 8.00. The molecule has 4 heteroatoms. The standard InChI is InChI=1S/C12H14N2OS/c15-11(12-13-4-1-5-14-12)8-6-9-2-3-10(7-8)16-9/h1,4-5,8-10H,2-3,6-7H2. The molecule has 2 aliphatic rings. The quantitative estimate of drug-likeness (QED) is 0.737. The van der Waals surface area contributed by atoms with E-state index in [9.17, 15) is 4.79 Å². The number of ketones is 1. The van der Waals surface area contributed by atoms with Crippen LogP contribution in [0.3, 0.4) is 0 Å². The first-order valence-electron chi connectivity index (χ1n) is 5.79. The molecule has 0 aromatic carbocycles. The lowest BCUT2D eigenvalue weighted by Crippen LogP contribution is -2.26. The van der Waals surface area contributed by atoms with Gasteiger partial charge in [0.1, 0.15) is 0 Å². The highest BCUT2D eigenvalue weighted by atomic mass is 32.2. The Hall–Kier alpha value is -0.900. The Morgan fingerprint density at radius 2 is 1.81 bits per heavy atom. The number of hydrogen-bond acceptors (Lipinski definition) is 4. The number of nitrogens with zero attached hydrogens (tertiary/aromatic N) is 2. The van der Waals surface area contributed by atoms with Crippen LogP contribution in [-0.4, -0.2) is 26.3 Å². The van der Waals surface area contributed by atoms with E-state index >= 15 is 0 Å². The van der Waals surface area contributed by atoms with Crippen LogP contribution in [0.1, 0.15) is 36.3 Å². The summed E-state index contributed by atoms with van der Waals surface area (Å²) in [5.74, 6) is 0.720. The van der Waals surface area contributed by atoms with E-state index in [2.05, 4.69) is 21.7 Å². The molecule has 1 aromatic heterocycles. The minimum absolute atomic E-state index is 0.151. The number of thioether (sulfide) groups is 1. The topological polar surface area (TPSA) is 42.9 Å². The summed E-state index contributed by atoms with van der Waals surface area (Å²) in [5.41, 5.74) is 0. The minimum Gasteiger partial charge on any atom is -0.290 e. The Labute approximate surface area is 99.1 Å². The maximum Gasteiger partial charge on any atom is 0.203 e. The average molecular weight is 234 g/mol. The van der Waals surface area contributed by atoms with E-state index in [1.54, 1.807) is 18.5 Å². The summed E-state index contributed by atoms with van der Waals surface area (Å²) in [6.07, 6.45) is 7.92. The Bertz CT molecular complexity index is 383. The fraction of sp³-hybridized carbons (Fsp3) is 0.583. The smallest absolute Gasteiger partial charge is 0.203 e. The third-order valence-electron chi connectivity index (χ3n) is 3.45. The summed E-state index contributed by atoms with van der Waals surface area (Å²) in [5, 5.41) is 1.41. The van der Waals surface area contributed by atoms with Crippen molar-refractivity contribution in [3.63, 3.8) is 0 Å². The van der Waals surface area contributed by atoms with Gasteiger partial charge in [-0.2, -0.15) is 11.8 Å². The van der Waals surface area contributed by atoms with Crippen molar-refractivity contribution in [3.05, 3.63) is 24.3 Å². The van der Waals surface area contributed by atoms with Gasteiger partial charge >= 0.3 is 0 Å². The van der Waals surface area contributed by atoms with Gasteiger partial charge in [-0.25, -0.2) is 9.97 Å². The predicted octanol–water partition coefficient (Wildman–Crippen LogP) is 2.33. The molecule has 84 valence electrons. The second kappa shape index (κ2) is 4.17. The highest BCUT2D eigenvalue weighted by Crippen LogP contribution is 2.46. The Morgan fingerprint density at radius 1 is 1.19 bits per heavy atom. The molecule has 0 amide bonds. The zero-order valence-electron chi connectivity index (χ0n) is 9.00. The zero-order chi connectivity index (χ0) is 11.0. The fourth-order valence-electron chi connectivity index (χ4n) is 2.68. The summed E-state index contributed by atoms with van der Waals surface area (Å²) >= 11 is 2.08. The molecule has 16 heavy (non-hydrogen) atoms. The van der Waals surface area contributed by atoms with E-state index in [0.717, 1.165) is 12.8 Å². The number of carbonyl (C=O) groups excluding carboxylic acids is 1. The van der Waals surface area contributed by atoms with Crippen molar-refractivity contribution in [3.8, 4) is 0 Å². The van der Waals surface area contributed by atoms with Crippen LogP contribution in [0.25, 0.3) is 0 Å². The van der Waals surface area contributed by atoms with Crippen LogP contribution in [-0.2, 0) is 0 Å². The normalized spacial score (nSPS) is 32.6. The molecule has 3 nitrogen and oxygen atoms in total. The molecule has 0 N–H and O–H groups in total. The van der Waals surface area contributed by atoms with Gasteiger partial charge in [0.05, 0.1) is 0 Å². The monoisotopic (exact) mass is 234 g/mol.